The maximum atomic E-state index is 12.7. The fourth-order valence-corrected chi connectivity index (χ4v) is 4.42. The molecule has 0 aliphatic heterocycles. The highest BCUT2D eigenvalue weighted by Gasteiger charge is 2.27. The number of carbonyl (C=O) groups is 2. The molecular formula is C19H19N3O4S. The zero-order chi connectivity index (χ0) is 19.4. The molecule has 1 aliphatic rings. The summed E-state index contributed by atoms with van der Waals surface area (Å²) in [4.78, 5) is 37.0. The van der Waals surface area contributed by atoms with Gasteiger partial charge in [0.05, 0.1) is 10.5 Å². The van der Waals surface area contributed by atoms with Crippen molar-refractivity contribution in [1.82, 2.24) is 5.32 Å². The van der Waals surface area contributed by atoms with Crippen molar-refractivity contribution in [3.63, 3.8) is 0 Å². The Balaban J connectivity index is 1.96. The van der Waals surface area contributed by atoms with Crippen LogP contribution in [0.4, 0.5) is 10.7 Å². The lowest BCUT2D eigenvalue weighted by atomic mass is 9.95. The maximum Gasteiger partial charge on any atom is 0.282 e. The highest BCUT2D eigenvalue weighted by atomic mass is 32.1. The first-order valence-corrected chi connectivity index (χ1v) is 9.43. The maximum absolute atomic E-state index is 12.7. The number of nitro groups is 1. The number of fused-ring (bicyclic) bond motifs is 1. The van der Waals surface area contributed by atoms with Crippen molar-refractivity contribution in [3.05, 3.63) is 68.6 Å². The summed E-state index contributed by atoms with van der Waals surface area (Å²) < 4.78 is 0. The Hall–Kier alpha value is -3.00. The van der Waals surface area contributed by atoms with E-state index >= 15 is 0 Å². The van der Waals surface area contributed by atoms with Crippen LogP contribution in [0.3, 0.4) is 0 Å². The zero-order valence-corrected chi connectivity index (χ0v) is 15.4. The van der Waals surface area contributed by atoms with Crippen LogP contribution in [0, 0.1) is 10.1 Å². The second-order valence-electron chi connectivity index (χ2n) is 6.14. The summed E-state index contributed by atoms with van der Waals surface area (Å²) in [6.07, 6.45) is 5.26. The summed E-state index contributed by atoms with van der Waals surface area (Å²) in [5.41, 5.74) is 1.12. The number of nitrogens with zero attached hydrogens (tertiary/aromatic N) is 1. The van der Waals surface area contributed by atoms with Crippen molar-refractivity contribution in [2.45, 2.75) is 25.7 Å². The van der Waals surface area contributed by atoms with Gasteiger partial charge in [0.15, 0.2) is 0 Å². The summed E-state index contributed by atoms with van der Waals surface area (Å²) in [6, 6.07) is 5.76. The lowest BCUT2D eigenvalue weighted by molar-refractivity contribution is -0.385. The molecule has 7 nitrogen and oxygen atoms in total. The van der Waals surface area contributed by atoms with Gasteiger partial charge >= 0.3 is 0 Å². The molecule has 8 heteroatoms. The molecule has 140 valence electrons. The minimum Gasteiger partial charge on any atom is -0.348 e. The highest BCUT2D eigenvalue weighted by Crippen LogP contribution is 2.38. The summed E-state index contributed by atoms with van der Waals surface area (Å²) in [5, 5.41) is 17.1. The molecule has 1 aromatic carbocycles. The summed E-state index contributed by atoms with van der Waals surface area (Å²) in [5.74, 6) is -0.870. The Kier molecular flexibility index (Phi) is 5.66. The van der Waals surface area contributed by atoms with Crippen LogP contribution in [-0.2, 0) is 12.8 Å². The second kappa shape index (κ2) is 8.13. The molecule has 0 radical (unpaired) electrons. The average molecular weight is 385 g/mol. The topological polar surface area (TPSA) is 101 Å². The SMILES string of the molecule is C=CCNC(=O)c1c(NC(=O)c2ccccc2[N+](=O)[O-])sc2c1CCCC2. The van der Waals surface area contributed by atoms with Gasteiger partial charge in [0, 0.05) is 17.5 Å². The molecule has 3 rings (SSSR count). The van der Waals surface area contributed by atoms with Crippen molar-refractivity contribution in [2.75, 3.05) is 11.9 Å². The predicted molar refractivity (Wildman–Crippen MR) is 105 cm³/mol. The van der Waals surface area contributed by atoms with Crippen molar-refractivity contribution >= 4 is 33.8 Å². The normalized spacial score (nSPS) is 12.7. The van der Waals surface area contributed by atoms with E-state index in [2.05, 4.69) is 17.2 Å². The molecule has 0 atom stereocenters. The molecule has 0 fully saturated rings. The van der Waals surface area contributed by atoms with Gasteiger partial charge in [0.2, 0.25) is 0 Å². The smallest absolute Gasteiger partial charge is 0.282 e. The molecule has 0 bridgehead atoms. The molecule has 2 N–H and O–H groups in total. The fourth-order valence-electron chi connectivity index (χ4n) is 3.14. The Morgan fingerprint density at radius 3 is 2.70 bits per heavy atom. The van der Waals surface area contributed by atoms with Crippen LogP contribution in [0.2, 0.25) is 0 Å². The number of hydrogen-bond acceptors (Lipinski definition) is 5. The van der Waals surface area contributed by atoms with Gasteiger partial charge in [-0.2, -0.15) is 0 Å². The monoisotopic (exact) mass is 385 g/mol. The highest BCUT2D eigenvalue weighted by molar-refractivity contribution is 7.17. The minimum atomic E-state index is -0.598. The van der Waals surface area contributed by atoms with Gasteiger partial charge in [-0.3, -0.25) is 19.7 Å². The van der Waals surface area contributed by atoms with E-state index in [1.54, 1.807) is 12.1 Å². The standard InChI is InChI=1S/C19H19N3O4S/c1-2-11-20-18(24)16-13-8-4-6-10-15(13)27-19(16)21-17(23)12-7-3-5-9-14(12)22(25)26/h2-3,5,7,9H,1,4,6,8,10-11H2,(H,20,24)(H,21,23). The van der Waals surface area contributed by atoms with E-state index in [-0.39, 0.29) is 17.2 Å². The first-order chi connectivity index (χ1) is 13.0. The molecule has 0 unspecified atom stereocenters. The van der Waals surface area contributed by atoms with Gasteiger partial charge in [-0.15, -0.1) is 17.9 Å². The van der Waals surface area contributed by atoms with E-state index in [9.17, 15) is 19.7 Å². The third-order valence-corrected chi connectivity index (χ3v) is 5.58. The number of carbonyl (C=O) groups excluding carboxylic acids is 2. The van der Waals surface area contributed by atoms with Gasteiger partial charge < -0.3 is 10.6 Å². The summed E-state index contributed by atoms with van der Waals surface area (Å²) in [6.45, 7) is 3.91. The van der Waals surface area contributed by atoms with E-state index < -0.39 is 10.8 Å². The van der Waals surface area contributed by atoms with Crippen molar-refractivity contribution in [1.29, 1.82) is 0 Å². The van der Waals surface area contributed by atoms with E-state index in [4.69, 9.17) is 0 Å². The Morgan fingerprint density at radius 1 is 1.22 bits per heavy atom. The Labute approximate surface area is 160 Å². The van der Waals surface area contributed by atoms with Crippen molar-refractivity contribution in [3.8, 4) is 0 Å². The van der Waals surface area contributed by atoms with Crippen molar-refractivity contribution < 1.29 is 14.5 Å². The van der Waals surface area contributed by atoms with Crippen LogP contribution in [0.25, 0.3) is 0 Å². The molecule has 27 heavy (non-hydrogen) atoms. The van der Waals surface area contributed by atoms with Crippen molar-refractivity contribution in [2.24, 2.45) is 0 Å². The number of rotatable bonds is 6. The van der Waals surface area contributed by atoms with Gasteiger partial charge in [-0.1, -0.05) is 18.2 Å². The molecule has 0 spiro atoms. The van der Waals surface area contributed by atoms with Crippen LogP contribution in [0.5, 0.6) is 0 Å². The van der Waals surface area contributed by atoms with Crippen LogP contribution in [-0.4, -0.2) is 23.3 Å². The first kappa shape index (κ1) is 18.8. The minimum absolute atomic E-state index is 0.0358. The number of aryl methyl sites for hydroxylation is 1. The number of thiophene rings is 1. The van der Waals surface area contributed by atoms with Crippen LogP contribution in [0.15, 0.2) is 36.9 Å². The lowest BCUT2D eigenvalue weighted by Gasteiger charge is -2.13. The number of amides is 2. The summed E-state index contributed by atoms with van der Waals surface area (Å²) >= 11 is 1.37. The molecule has 1 aliphatic carbocycles. The largest absolute Gasteiger partial charge is 0.348 e. The number of nitro benzene ring substituents is 1. The molecule has 0 saturated carbocycles. The average Bonchev–Trinajstić information content (AvgIpc) is 3.03. The number of nitrogens with one attached hydrogen (secondary N) is 2. The first-order valence-electron chi connectivity index (χ1n) is 8.61. The van der Waals surface area contributed by atoms with Crippen LogP contribution < -0.4 is 10.6 Å². The molecule has 0 saturated heterocycles. The third-order valence-electron chi connectivity index (χ3n) is 4.38. The van der Waals surface area contributed by atoms with E-state index in [1.807, 2.05) is 0 Å². The third kappa shape index (κ3) is 3.90. The quantitative estimate of drug-likeness (QED) is 0.450. The molecule has 1 heterocycles. The predicted octanol–water partition coefficient (Wildman–Crippen LogP) is 3.70. The van der Waals surface area contributed by atoms with Gasteiger partial charge in [0.1, 0.15) is 10.6 Å². The van der Waals surface area contributed by atoms with Gasteiger partial charge in [0.25, 0.3) is 17.5 Å². The molecule has 1 aromatic heterocycles. The fraction of sp³-hybridized carbons (Fsp3) is 0.263. The summed E-state index contributed by atoms with van der Waals surface area (Å²) in [7, 11) is 0. The zero-order valence-electron chi connectivity index (χ0n) is 14.6. The van der Waals surface area contributed by atoms with E-state index in [0.29, 0.717) is 17.1 Å². The molecule has 2 amide bonds. The number of anilines is 1. The van der Waals surface area contributed by atoms with E-state index in [0.717, 1.165) is 36.1 Å². The van der Waals surface area contributed by atoms with Crippen LogP contribution >= 0.6 is 11.3 Å². The molecular weight excluding hydrogens is 366 g/mol. The lowest BCUT2D eigenvalue weighted by Crippen LogP contribution is -2.26. The van der Waals surface area contributed by atoms with Crippen LogP contribution in [0.1, 0.15) is 44.0 Å². The number of benzene rings is 1. The number of para-hydroxylation sites is 1. The van der Waals surface area contributed by atoms with E-state index in [1.165, 1.54) is 29.5 Å². The second-order valence-corrected chi connectivity index (χ2v) is 7.25. The van der Waals surface area contributed by atoms with Gasteiger partial charge in [-0.05, 0) is 37.3 Å². The van der Waals surface area contributed by atoms with Gasteiger partial charge in [-0.25, -0.2) is 0 Å². The Morgan fingerprint density at radius 2 is 1.96 bits per heavy atom. The Bertz CT molecular complexity index is 920. The number of hydrogen-bond donors (Lipinski definition) is 2. The molecule has 2 aromatic rings.